The van der Waals surface area contributed by atoms with Crippen molar-refractivity contribution < 1.29 is 9.90 Å². The van der Waals surface area contributed by atoms with Crippen LogP contribution in [0, 0.1) is 17.8 Å². The molecule has 19 heavy (non-hydrogen) atoms. The zero-order chi connectivity index (χ0) is 13.7. The van der Waals surface area contributed by atoms with Crippen LogP contribution in [0.5, 0.6) is 0 Å². The van der Waals surface area contributed by atoms with E-state index in [0.29, 0.717) is 11.5 Å². The van der Waals surface area contributed by atoms with Gasteiger partial charge in [-0.2, -0.15) is 0 Å². The van der Waals surface area contributed by atoms with E-state index in [-0.39, 0.29) is 12.5 Å². The van der Waals surface area contributed by atoms with Gasteiger partial charge in [0, 0.05) is 24.2 Å². The minimum absolute atomic E-state index is 0.0826. The van der Waals surface area contributed by atoms with Crippen LogP contribution in [0.2, 0.25) is 0 Å². The number of hydrogen-bond donors (Lipinski definition) is 1. The van der Waals surface area contributed by atoms with Crippen LogP contribution in [0.3, 0.4) is 0 Å². The number of likely N-dealkylation sites (tertiary alicyclic amines) is 1. The molecular weight excluding hydrogens is 238 g/mol. The van der Waals surface area contributed by atoms with Crippen molar-refractivity contribution in [2.24, 2.45) is 5.92 Å². The van der Waals surface area contributed by atoms with Crippen LogP contribution in [0.1, 0.15) is 35.7 Å². The summed E-state index contributed by atoms with van der Waals surface area (Å²) in [5, 5.41) is 8.69. The van der Waals surface area contributed by atoms with Gasteiger partial charge in [0.1, 0.15) is 6.61 Å². The molecule has 1 N–H and O–H groups in total. The molecule has 0 radical (unpaired) electrons. The Balaban J connectivity index is 2.14. The second-order valence-electron chi connectivity index (χ2n) is 5.04. The molecule has 1 aromatic carbocycles. The van der Waals surface area contributed by atoms with Gasteiger partial charge in [-0.1, -0.05) is 24.8 Å². The summed E-state index contributed by atoms with van der Waals surface area (Å²) in [5.74, 6) is 6.09. The summed E-state index contributed by atoms with van der Waals surface area (Å²) in [7, 11) is 0. The predicted octanol–water partition coefficient (Wildman–Crippen LogP) is 1.90. The molecule has 1 fully saturated rings. The van der Waals surface area contributed by atoms with E-state index in [1.807, 2.05) is 23.1 Å². The normalized spacial score (nSPS) is 18.6. The van der Waals surface area contributed by atoms with Crippen LogP contribution in [0.15, 0.2) is 24.3 Å². The highest BCUT2D eigenvalue weighted by atomic mass is 16.2. The Kier molecular flexibility index (Phi) is 4.59. The predicted molar refractivity (Wildman–Crippen MR) is 74.7 cm³/mol. The van der Waals surface area contributed by atoms with Crippen molar-refractivity contribution in [3.63, 3.8) is 0 Å². The highest BCUT2D eigenvalue weighted by Gasteiger charge is 2.21. The smallest absolute Gasteiger partial charge is 0.253 e. The third-order valence-corrected chi connectivity index (χ3v) is 3.37. The van der Waals surface area contributed by atoms with Crippen molar-refractivity contribution in [3.8, 4) is 11.8 Å². The summed E-state index contributed by atoms with van der Waals surface area (Å²) in [6.07, 6.45) is 2.28. The zero-order valence-corrected chi connectivity index (χ0v) is 11.2. The zero-order valence-electron chi connectivity index (χ0n) is 11.2. The van der Waals surface area contributed by atoms with Crippen LogP contribution in [0.25, 0.3) is 0 Å². The minimum Gasteiger partial charge on any atom is -0.384 e. The molecule has 2 rings (SSSR count). The third-order valence-electron chi connectivity index (χ3n) is 3.37. The molecule has 1 aromatic rings. The minimum atomic E-state index is -0.165. The molecule has 1 aliphatic rings. The van der Waals surface area contributed by atoms with Gasteiger partial charge in [0.15, 0.2) is 0 Å². The van der Waals surface area contributed by atoms with E-state index in [0.717, 1.165) is 25.1 Å². The number of piperidine rings is 1. The third kappa shape index (κ3) is 3.59. The van der Waals surface area contributed by atoms with Crippen LogP contribution in [-0.4, -0.2) is 35.6 Å². The molecule has 1 saturated heterocycles. The molecule has 1 heterocycles. The number of benzene rings is 1. The van der Waals surface area contributed by atoms with E-state index >= 15 is 0 Å². The van der Waals surface area contributed by atoms with Gasteiger partial charge in [-0.15, -0.1) is 0 Å². The number of hydrogen-bond acceptors (Lipinski definition) is 2. The highest BCUT2D eigenvalue weighted by molar-refractivity contribution is 5.94. The maximum absolute atomic E-state index is 12.4. The van der Waals surface area contributed by atoms with Gasteiger partial charge in [0.2, 0.25) is 0 Å². The molecule has 1 unspecified atom stereocenters. The first-order valence-corrected chi connectivity index (χ1v) is 6.70. The van der Waals surface area contributed by atoms with E-state index in [9.17, 15) is 4.79 Å². The molecule has 0 aliphatic carbocycles. The fraction of sp³-hybridized carbons (Fsp3) is 0.438. The Morgan fingerprint density at radius 2 is 2.37 bits per heavy atom. The van der Waals surface area contributed by atoms with Gasteiger partial charge < -0.3 is 10.0 Å². The lowest BCUT2D eigenvalue weighted by Crippen LogP contribution is -2.39. The molecule has 0 bridgehead atoms. The lowest BCUT2D eigenvalue weighted by Gasteiger charge is -2.31. The average molecular weight is 257 g/mol. The summed E-state index contributed by atoms with van der Waals surface area (Å²) in [4.78, 5) is 14.3. The van der Waals surface area contributed by atoms with Gasteiger partial charge in [-0.25, -0.2) is 0 Å². The summed E-state index contributed by atoms with van der Waals surface area (Å²) in [5.41, 5.74) is 1.45. The van der Waals surface area contributed by atoms with Gasteiger partial charge in [-0.05, 0) is 37.0 Å². The molecule has 0 spiro atoms. The first kappa shape index (κ1) is 13.6. The molecule has 1 atom stereocenters. The van der Waals surface area contributed by atoms with E-state index in [4.69, 9.17) is 5.11 Å². The molecule has 3 heteroatoms. The average Bonchev–Trinajstić information content (AvgIpc) is 2.44. The monoisotopic (exact) mass is 257 g/mol. The van der Waals surface area contributed by atoms with Crippen molar-refractivity contribution in [2.75, 3.05) is 19.7 Å². The van der Waals surface area contributed by atoms with Crippen molar-refractivity contribution in [1.82, 2.24) is 4.90 Å². The number of carbonyl (C=O) groups is 1. The van der Waals surface area contributed by atoms with Gasteiger partial charge in [-0.3, -0.25) is 4.79 Å². The number of carbonyl (C=O) groups excluding carboxylic acids is 1. The Labute approximate surface area is 114 Å². The van der Waals surface area contributed by atoms with Crippen molar-refractivity contribution in [3.05, 3.63) is 35.4 Å². The Morgan fingerprint density at radius 3 is 3.11 bits per heavy atom. The number of aliphatic hydroxyl groups is 1. The van der Waals surface area contributed by atoms with Crippen molar-refractivity contribution >= 4 is 5.91 Å². The van der Waals surface area contributed by atoms with Crippen LogP contribution in [-0.2, 0) is 0 Å². The quantitative estimate of drug-likeness (QED) is 0.781. The Bertz CT molecular complexity index is 513. The molecule has 0 aromatic heterocycles. The first-order valence-electron chi connectivity index (χ1n) is 6.70. The summed E-state index contributed by atoms with van der Waals surface area (Å²) in [6.45, 7) is 3.70. The van der Waals surface area contributed by atoms with Gasteiger partial charge >= 0.3 is 0 Å². The Morgan fingerprint density at radius 1 is 1.53 bits per heavy atom. The van der Waals surface area contributed by atoms with Crippen LogP contribution < -0.4 is 0 Å². The van der Waals surface area contributed by atoms with Crippen LogP contribution in [0.4, 0.5) is 0 Å². The van der Waals surface area contributed by atoms with E-state index in [1.54, 1.807) is 6.07 Å². The van der Waals surface area contributed by atoms with Crippen molar-refractivity contribution in [1.29, 1.82) is 0 Å². The van der Waals surface area contributed by atoms with Gasteiger partial charge in [0.05, 0.1) is 0 Å². The number of amides is 1. The van der Waals surface area contributed by atoms with E-state index in [1.165, 1.54) is 6.42 Å². The summed E-state index contributed by atoms with van der Waals surface area (Å²) in [6, 6.07) is 7.30. The standard InChI is InChI=1S/C16H19NO2/c1-13-5-3-9-17(12-13)16(19)15-8-2-6-14(11-15)7-4-10-18/h2,6,8,11,13,18H,3,5,9-10,12H2,1H3. The van der Waals surface area contributed by atoms with Gasteiger partial charge in [0.25, 0.3) is 5.91 Å². The SMILES string of the molecule is CC1CCCN(C(=O)c2cccc(C#CCO)c2)C1. The second kappa shape index (κ2) is 6.40. The molecule has 0 saturated carbocycles. The lowest BCUT2D eigenvalue weighted by molar-refractivity contribution is 0.0683. The van der Waals surface area contributed by atoms with E-state index in [2.05, 4.69) is 18.8 Å². The molecule has 100 valence electrons. The topological polar surface area (TPSA) is 40.5 Å². The highest BCUT2D eigenvalue weighted by Crippen LogP contribution is 2.18. The van der Waals surface area contributed by atoms with Crippen molar-refractivity contribution in [2.45, 2.75) is 19.8 Å². The molecular formula is C16H19NO2. The Hall–Kier alpha value is -1.79. The second-order valence-corrected chi connectivity index (χ2v) is 5.04. The number of nitrogens with zero attached hydrogens (tertiary/aromatic N) is 1. The lowest BCUT2D eigenvalue weighted by atomic mass is 9.99. The molecule has 1 amide bonds. The van der Waals surface area contributed by atoms with E-state index < -0.39 is 0 Å². The first-order chi connectivity index (χ1) is 9.20. The summed E-state index contributed by atoms with van der Waals surface area (Å²) < 4.78 is 0. The van der Waals surface area contributed by atoms with Crippen LogP contribution >= 0.6 is 0 Å². The fourth-order valence-corrected chi connectivity index (χ4v) is 2.43. The molecule has 3 nitrogen and oxygen atoms in total. The fourth-order valence-electron chi connectivity index (χ4n) is 2.43. The largest absolute Gasteiger partial charge is 0.384 e. The summed E-state index contributed by atoms with van der Waals surface area (Å²) >= 11 is 0. The maximum atomic E-state index is 12.4. The maximum Gasteiger partial charge on any atom is 0.253 e. The number of aliphatic hydroxyl groups excluding tert-OH is 1. The number of rotatable bonds is 1. The molecule has 1 aliphatic heterocycles.